The smallest absolute Gasteiger partial charge is 0.132 e. The topological polar surface area (TPSA) is 43.7 Å². The van der Waals surface area contributed by atoms with E-state index in [9.17, 15) is 0 Å². The summed E-state index contributed by atoms with van der Waals surface area (Å²) in [6.45, 7) is 10.7. The van der Waals surface area contributed by atoms with Crippen LogP contribution in [0.5, 0.6) is 0 Å². The van der Waals surface area contributed by atoms with Crippen molar-refractivity contribution in [2.24, 2.45) is 0 Å². The zero-order valence-corrected chi connectivity index (χ0v) is 9.76. The molecule has 0 aromatic rings. The van der Waals surface area contributed by atoms with Crippen LogP contribution in [0.25, 0.3) is 0 Å². The fraction of sp³-hybridized carbons (Fsp3) is 1.00. The molecule has 4 heteroatoms. The minimum absolute atomic E-state index is 0.0486. The standard InChI is InChI=1S/C8H21NO2Si/c1-8(2,3)12(4,5)9(6-10)7-11/h10-11H,6-7H2,1-5H3. The van der Waals surface area contributed by atoms with Crippen molar-refractivity contribution in [1.82, 2.24) is 4.57 Å². The van der Waals surface area contributed by atoms with E-state index in [1.165, 1.54) is 0 Å². The molecule has 12 heavy (non-hydrogen) atoms. The minimum atomic E-state index is -1.70. The number of nitrogens with zero attached hydrogens (tertiary/aromatic N) is 1. The normalized spacial score (nSPS) is 14.0. The molecule has 0 heterocycles. The molecule has 0 aliphatic rings. The van der Waals surface area contributed by atoms with Crippen LogP contribution in [0.3, 0.4) is 0 Å². The summed E-state index contributed by atoms with van der Waals surface area (Å²) in [6.07, 6.45) is 0. The van der Waals surface area contributed by atoms with Gasteiger partial charge in [0.2, 0.25) is 0 Å². The third kappa shape index (κ3) is 2.29. The molecule has 0 saturated carbocycles. The van der Waals surface area contributed by atoms with E-state index in [-0.39, 0.29) is 18.5 Å². The number of hydrogen-bond acceptors (Lipinski definition) is 3. The predicted molar refractivity (Wildman–Crippen MR) is 53.2 cm³/mol. The minimum Gasteiger partial charge on any atom is -0.382 e. The first-order chi connectivity index (χ1) is 5.27. The Bertz CT molecular complexity index is 138. The molecule has 0 amide bonds. The lowest BCUT2D eigenvalue weighted by atomic mass is 10.2. The van der Waals surface area contributed by atoms with Crippen molar-refractivity contribution in [1.29, 1.82) is 0 Å². The third-order valence-corrected chi connectivity index (χ3v) is 8.50. The van der Waals surface area contributed by atoms with E-state index in [4.69, 9.17) is 10.2 Å². The van der Waals surface area contributed by atoms with Crippen LogP contribution in [0.2, 0.25) is 18.1 Å². The Morgan fingerprint density at radius 1 is 1.08 bits per heavy atom. The van der Waals surface area contributed by atoms with Gasteiger partial charge in [-0.25, -0.2) is 0 Å². The van der Waals surface area contributed by atoms with Crippen molar-refractivity contribution in [3.8, 4) is 0 Å². The van der Waals surface area contributed by atoms with Gasteiger partial charge in [-0.05, 0) is 5.04 Å². The molecule has 0 fully saturated rings. The van der Waals surface area contributed by atoms with E-state index in [0.29, 0.717) is 0 Å². The average Bonchev–Trinajstić information content (AvgIpc) is 1.87. The van der Waals surface area contributed by atoms with Crippen LogP contribution in [0.4, 0.5) is 0 Å². The number of aliphatic hydroxyl groups is 2. The SMILES string of the molecule is CC(C)(C)[Si](C)(C)N(CO)CO. The van der Waals surface area contributed by atoms with Crippen molar-refractivity contribution in [2.45, 2.75) is 38.9 Å². The second kappa shape index (κ2) is 3.87. The van der Waals surface area contributed by atoms with Gasteiger partial charge in [-0.15, -0.1) is 0 Å². The Kier molecular flexibility index (Phi) is 3.90. The molecular formula is C8H21NO2Si. The van der Waals surface area contributed by atoms with Gasteiger partial charge in [0.05, 0.1) is 13.5 Å². The molecule has 0 spiro atoms. The van der Waals surface area contributed by atoms with Crippen LogP contribution in [0.1, 0.15) is 20.8 Å². The maximum atomic E-state index is 9.03. The predicted octanol–water partition coefficient (Wildman–Crippen LogP) is 1.19. The highest BCUT2D eigenvalue weighted by Gasteiger charge is 2.40. The summed E-state index contributed by atoms with van der Waals surface area (Å²) in [7, 11) is -1.70. The molecule has 0 aromatic heterocycles. The Labute approximate surface area is 76.1 Å². The molecular weight excluding hydrogens is 170 g/mol. The fourth-order valence-corrected chi connectivity index (χ4v) is 2.53. The first kappa shape index (κ1) is 12.1. The monoisotopic (exact) mass is 191 g/mol. The summed E-state index contributed by atoms with van der Waals surface area (Å²) in [4.78, 5) is 0. The molecule has 3 nitrogen and oxygen atoms in total. The lowest BCUT2D eigenvalue weighted by molar-refractivity contribution is 0.0844. The Hall–Kier alpha value is 0.0969. The molecule has 0 radical (unpaired) electrons. The Balaban J connectivity index is 4.57. The van der Waals surface area contributed by atoms with Crippen LogP contribution < -0.4 is 0 Å². The molecule has 0 rings (SSSR count). The quantitative estimate of drug-likeness (QED) is 0.520. The summed E-state index contributed by atoms with van der Waals surface area (Å²) < 4.78 is 1.77. The molecule has 0 bridgehead atoms. The van der Waals surface area contributed by atoms with E-state index in [2.05, 4.69) is 33.9 Å². The van der Waals surface area contributed by atoms with Gasteiger partial charge in [0, 0.05) is 0 Å². The van der Waals surface area contributed by atoms with E-state index in [1.807, 2.05) is 0 Å². The Morgan fingerprint density at radius 3 is 1.50 bits per heavy atom. The number of hydrogen-bond donors (Lipinski definition) is 2. The van der Waals surface area contributed by atoms with Crippen LogP contribution in [0, 0.1) is 0 Å². The van der Waals surface area contributed by atoms with Gasteiger partial charge >= 0.3 is 0 Å². The van der Waals surface area contributed by atoms with Gasteiger partial charge in [-0.1, -0.05) is 33.9 Å². The van der Waals surface area contributed by atoms with Crippen molar-refractivity contribution >= 4 is 8.24 Å². The lowest BCUT2D eigenvalue weighted by Gasteiger charge is -2.43. The van der Waals surface area contributed by atoms with Gasteiger partial charge in [0.15, 0.2) is 0 Å². The van der Waals surface area contributed by atoms with Crippen LogP contribution >= 0.6 is 0 Å². The summed E-state index contributed by atoms with van der Waals surface area (Å²) in [5.74, 6) is 0. The van der Waals surface area contributed by atoms with Crippen molar-refractivity contribution in [3.05, 3.63) is 0 Å². The summed E-state index contributed by atoms with van der Waals surface area (Å²) in [5.41, 5.74) is 0. The average molecular weight is 191 g/mol. The summed E-state index contributed by atoms with van der Waals surface area (Å²) >= 11 is 0. The Morgan fingerprint density at radius 2 is 1.42 bits per heavy atom. The van der Waals surface area contributed by atoms with Gasteiger partial charge in [0.1, 0.15) is 8.24 Å². The molecule has 2 N–H and O–H groups in total. The summed E-state index contributed by atoms with van der Waals surface area (Å²) in [6, 6.07) is 0. The summed E-state index contributed by atoms with van der Waals surface area (Å²) in [5, 5.41) is 18.2. The molecule has 0 aliphatic heterocycles. The highest BCUT2D eigenvalue weighted by molar-refractivity contribution is 6.77. The zero-order valence-electron chi connectivity index (χ0n) is 8.76. The van der Waals surface area contributed by atoms with Gasteiger partial charge in [0.25, 0.3) is 0 Å². The molecule has 0 aliphatic carbocycles. The fourth-order valence-electron chi connectivity index (χ4n) is 0.873. The molecule has 0 aromatic carbocycles. The molecule has 0 atom stereocenters. The van der Waals surface area contributed by atoms with Gasteiger partial charge < -0.3 is 10.2 Å². The van der Waals surface area contributed by atoms with E-state index in [1.54, 1.807) is 4.57 Å². The number of rotatable bonds is 3. The van der Waals surface area contributed by atoms with Gasteiger partial charge in [-0.3, -0.25) is 4.57 Å². The largest absolute Gasteiger partial charge is 0.382 e. The molecule has 0 unspecified atom stereocenters. The first-order valence-corrected chi connectivity index (χ1v) is 7.19. The zero-order chi connectivity index (χ0) is 9.99. The second-order valence-electron chi connectivity index (χ2n) is 4.63. The highest BCUT2D eigenvalue weighted by Crippen LogP contribution is 2.37. The van der Waals surface area contributed by atoms with E-state index >= 15 is 0 Å². The van der Waals surface area contributed by atoms with Crippen LogP contribution in [-0.4, -0.2) is 36.5 Å². The second-order valence-corrected chi connectivity index (χ2v) is 9.88. The van der Waals surface area contributed by atoms with E-state index in [0.717, 1.165) is 0 Å². The van der Waals surface area contributed by atoms with E-state index < -0.39 is 8.24 Å². The van der Waals surface area contributed by atoms with Crippen LogP contribution in [-0.2, 0) is 0 Å². The molecule has 0 saturated heterocycles. The highest BCUT2D eigenvalue weighted by atomic mass is 28.3. The first-order valence-electron chi connectivity index (χ1n) is 4.24. The maximum Gasteiger partial charge on any atom is 0.132 e. The number of aliphatic hydroxyl groups excluding tert-OH is 2. The van der Waals surface area contributed by atoms with Crippen molar-refractivity contribution < 1.29 is 10.2 Å². The third-order valence-electron chi connectivity index (χ3n) is 2.97. The van der Waals surface area contributed by atoms with Crippen molar-refractivity contribution in [3.63, 3.8) is 0 Å². The van der Waals surface area contributed by atoms with Gasteiger partial charge in [-0.2, -0.15) is 0 Å². The lowest BCUT2D eigenvalue weighted by Crippen LogP contribution is -2.55. The van der Waals surface area contributed by atoms with Crippen molar-refractivity contribution in [2.75, 3.05) is 13.5 Å². The maximum absolute atomic E-state index is 9.03. The molecule has 74 valence electrons. The van der Waals surface area contributed by atoms with Crippen LogP contribution in [0.15, 0.2) is 0 Å².